The van der Waals surface area contributed by atoms with Gasteiger partial charge < -0.3 is 15.0 Å². The molecule has 29 heavy (non-hydrogen) atoms. The van der Waals surface area contributed by atoms with E-state index in [1.54, 1.807) is 11.0 Å². The van der Waals surface area contributed by atoms with Gasteiger partial charge in [-0.25, -0.2) is 4.98 Å². The topological polar surface area (TPSA) is 92.6 Å². The molecule has 2 amide bonds. The first kappa shape index (κ1) is 20.3. The molecule has 3 fully saturated rings. The number of nitrogens with zero attached hydrogens (tertiary/aromatic N) is 5. The molecule has 4 rings (SSSR count). The smallest absolute Gasteiger partial charge is 0.224 e. The van der Waals surface area contributed by atoms with Crippen LogP contribution >= 0.6 is 0 Å². The Balaban J connectivity index is 1.26. The zero-order valence-electron chi connectivity index (χ0n) is 17.0. The minimum absolute atomic E-state index is 0.0414. The molecule has 0 bridgehead atoms. The molecule has 9 heteroatoms. The number of amides is 2. The van der Waals surface area contributed by atoms with Crippen LogP contribution in [-0.4, -0.2) is 87.9 Å². The summed E-state index contributed by atoms with van der Waals surface area (Å²) in [5, 5.41) is 7.12. The number of morpholine rings is 1. The number of aryl methyl sites for hydroxylation is 1. The molecule has 1 N–H and O–H groups in total. The molecule has 0 unspecified atom stereocenters. The molecule has 0 aromatic carbocycles. The van der Waals surface area contributed by atoms with Gasteiger partial charge in [0.2, 0.25) is 11.8 Å². The van der Waals surface area contributed by atoms with Crippen molar-refractivity contribution in [3.8, 4) is 0 Å². The number of carbonyl (C=O) groups excluding carboxylic acids is 2. The van der Waals surface area contributed by atoms with Gasteiger partial charge in [0.05, 0.1) is 19.8 Å². The Morgan fingerprint density at radius 1 is 1.10 bits per heavy atom. The monoisotopic (exact) mass is 404 g/mol. The standard InChI is InChI=1S/C20H32N6O3/c27-19(5-6-25-15-21-14-23-25)22-12-18-4-3-17(26(18)13-16-1-2-16)11-20(28)24-7-9-29-10-8-24/h14-18H,1-13H2,(H,22,27)/t17-,18+/m1/s1. The van der Waals surface area contributed by atoms with Crippen LogP contribution in [0.25, 0.3) is 0 Å². The van der Waals surface area contributed by atoms with Gasteiger partial charge in [-0.05, 0) is 31.6 Å². The van der Waals surface area contributed by atoms with Crippen LogP contribution in [0.3, 0.4) is 0 Å². The van der Waals surface area contributed by atoms with Crippen molar-refractivity contribution in [1.29, 1.82) is 0 Å². The van der Waals surface area contributed by atoms with E-state index in [0.29, 0.717) is 64.3 Å². The van der Waals surface area contributed by atoms with E-state index >= 15 is 0 Å². The average Bonchev–Trinajstić information content (AvgIpc) is 3.26. The summed E-state index contributed by atoms with van der Waals surface area (Å²) in [6.07, 6.45) is 8.73. The van der Waals surface area contributed by atoms with Crippen LogP contribution in [0.4, 0.5) is 0 Å². The van der Waals surface area contributed by atoms with Crippen molar-refractivity contribution in [2.75, 3.05) is 39.4 Å². The summed E-state index contributed by atoms with van der Waals surface area (Å²) < 4.78 is 7.03. The molecule has 2 saturated heterocycles. The van der Waals surface area contributed by atoms with Gasteiger partial charge in [-0.3, -0.25) is 19.2 Å². The lowest BCUT2D eigenvalue weighted by Crippen LogP contribution is -2.47. The van der Waals surface area contributed by atoms with Crippen LogP contribution in [0.15, 0.2) is 12.7 Å². The quantitative estimate of drug-likeness (QED) is 0.635. The second kappa shape index (κ2) is 9.67. The average molecular weight is 405 g/mol. The van der Waals surface area contributed by atoms with Crippen molar-refractivity contribution < 1.29 is 14.3 Å². The van der Waals surface area contributed by atoms with Gasteiger partial charge in [0.25, 0.3) is 0 Å². The Labute approximate surface area is 171 Å². The zero-order valence-corrected chi connectivity index (χ0v) is 17.0. The van der Waals surface area contributed by atoms with Gasteiger partial charge in [0.15, 0.2) is 0 Å². The molecule has 3 aliphatic rings. The first-order valence-electron chi connectivity index (χ1n) is 10.9. The lowest BCUT2D eigenvalue weighted by Gasteiger charge is -2.33. The predicted molar refractivity (Wildman–Crippen MR) is 106 cm³/mol. The van der Waals surface area contributed by atoms with Gasteiger partial charge in [0, 0.05) is 51.1 Å². The van der Waals surface area contributed by atoms with E-state index in [1.165, 1.54) is 19.2 Å². The molecular formula is C20H32N6O3. The Bertz CT molecular complexity index is 672. The summed E-state index contributed by atoms with van der Waals surface area (Å²) >= 11 is 0. The highest BCUT2D eigenvalue weighted by molar-refractivity contribution is 5.77. The van der Waals surface area contributed by atoms with Gasteiger partial charge >= 0.3 is 0 Å². The Morgan fingerprint density at radius 3 is 2.62 bits per heavy atom. The first-order chi connectivity index (χ1) is 14.2. The fourth-order valence-corrected chi connectivity index (χ4v) is 4.38. The minimum Gasteiger partial charge on any atom is -0.378 e. The molecule has 160 valence electrons. The van der Waals surface area contributed by atoms with Crippen LogP contribution in [0.5, 0.6) is 0 Å². The summed E-state index contributed by atoms with van der Waals surface area (Å²) in [5.41, 5.74) is 0. The number of hydrogen-bond donors (Lipinski definition) is 1. The van der Waals surface area contributed by atoms with Crippen LogP contribution in [-0.2, 0) is 20.9 Å². The summed E-state index contributed by atoms with van der Waals surface area (Å²) in [7, 11) is 0. The summed E-state index contributed by atoms with van der Waals surface area (Å²) in [6, 6.07) is 0.622. The Kier molecular flexibility index (Phi) is 6.76. The highest BCUT2D eigenvalue weighted by atomic mass is 16.5. The van der Waals surface area contributed by atoms with Gasteiger partial charge in [-0.2, -0.15) is 5.10 Å². The number of carbonyl (C=O) groups is 2. The molecule has 1 aromatic rings. The fraction of sp³-hybridized carbons (Fsp3) is 0.800. The summed E-state index contributed by atoms with van der Waals surface area (Å²) in [5.74, 6) is 1.05. The van der Waals surface area contributed by atoms with E-state index in [4.69, 9.17) is 4.74 Å². The molecule has 1 saturated carbocycles. The van der Waals surface area contributed by atoms with Gasteiger partial charge in [0.1, 0.15) is 12.7 Å². The van der Waals surface area contributed by atoms with E-state index < -0.39 is 0 Å². The lowest BCUT2D eigenvalue weighted by atomic mass is 10.1. The van der Waals surface area contributed by atoms with Crippen molar-refractivity contribution in [2.24, 2.45) is 5.92 Å². The second-order valence-corrected chi connectivity index (χ2v) is 8.44. The summed E-state index contributed by atoms with van der Waals surface area (Å²) in [4.78, 5) is 33.3. The SMILES string of the molecule is O=C(CCn1cncn1)NC[C@@H]1CC[C@H](CC(=O)N2CCOCC2)N1CC1CC1. The Morgan fingerprint density at radius 2 is 1.90 bits per heavy atom. The highest BCUT2D eigenvalue weighted by Crippen LogP contribution is 2.35. The van der Waals surface area contributed by atoms with Crippen LogP contribution < -0.4 is 5.32 Å². The molecule has 3 heterocycles. The number of nitrogens with one attached hydrogen (secondary N) is 1. The summed E-state index contributed by atoms with van der Waals surface area (Å²) in [6.45, 7) is 4.96. The lowest BCUT2D eigenvalue weighted by molar-refractivity contribution is -0.136. The number of likely N-dealkylation sites (tertiary alicyclic amines) is 1. The minimum atomic E-state index is 0.0414. The predicted octanol–water partition coefficient (Wildman–Crippen LogP) is 0.276. The molecule has 0 radical (unpaired) electrons. The van der Waals surface area contributed by atoms with E-state index in [2.05, 4.69) is 20.3 Å². The number of hydrogen-bond acceptors (Lipinski definition) is 6. The molecule has 2 aliphatic heterocycles. The third-order valence-electron chi connectivity index (χ3n) is 6.28. The molecular weight excluding hydrogens is 372 g/mol. The van der Waals surface area contributed by atoms with Crippen LogP contribution in [0.2, 0.25) is 0 Å². The van der Waals surface area contributed by atoms with E-state index in [-0.39, 0.29) is 11.8 Å². The Hall–Kier alpha value is -2.00. The maximum atomic E-state index is 12.7. The van der Waals surface area contributed by atoms with E-state index in [9.17, 15) is 9.59 Å². The number of rotatable bonds is 9. The van der Waals surface area contributed by atoms with Crippen LogP contribution in [0.1, 0.15) is 38.5 Å². The highest BCUT2D eigenvalue weighted by Gasteiger charge is 2.38. The fourth-order valence-electron chi connectivity index (χ4n) is 4.38. The van der Waals surface area contributed by atoms with E-state index in [0.717, 1.165) is 25.3 Å². The van der Waals surface area contributed by atoms with Crippen molar-refractivity contribution in [3.05, 3.63) is 12.7 Å². The molecule has 2 atom stereocenters. The van der Waals surface area contributed by atoms with Crippen molar-refractivity contribution in [2.45, 2.75) is 57.2 Å². The normalized spacial score (nSPS) is 25.3. The van der Waals surface area contributed by atoms with E-state index in [1.807, 2.05) is 4.90 Å². The maximum Gasteiger partial charge on any atom is 0.224 e. The third-order valence-corrected chi connectivity index (χ3v) is 6.28. The number of aromatic nitrogens is 3. The molecule has 9 nitrogen and oxygen atoms in total. The first-order valence-corrected chi connectivity index (χ1v) is 10.9. The molecule has 0 spiro atoms. The van der Waals surface area contributed by atoms with Crippen molar-refractivity contribution in [3.63, 3.8) is 0 Å². The number of ether oxygens (including phenoxy) is 1. The largest absolute Gasteiger partial charge is 0.378 e. The van der Waals surface area contributed by atoms with Crippen molar-refractivity contribution in [1.82, 2.24) is 29.9 Å². The van der Waals surface area contributed by atoms with Gasteiger partial charge in [-0.1, -0.05) is 0 Å². The zero-order chi connectivity index (χ0) is 20.1. The second-order valence-electron chi connectivity index (χ2n) is 8.44. The van der Waals surface area contributed by atoms with Gasteiger partial charge in [-0.15, -0.1) is 0 Å². The molecule has 1 aliphatic carbocycles. The van der Waals surface area contributed by atoms with Crippen molar-refractivity contribution >= 4 is 11.8 Å². The molecule has 1 aromatic heterocycles. The van der Waals surface area contributed by atoms with Crippen LogP contribution in [0, 0.1) is 5.92 Å². The maximum absolute atomic E-state index is 12.7. The third kappa shape index (κ3) is 5.76.